The topological polar surface area (TPSA) is 60.4 Å². The number of β-amino-alcohol motifs (C(OH)–C–C–N with tert-alkyl or cyclic N) is 1. The lowest BCUT2D eigenvalue weighted by molar-refractivity contribution is 0.0636. The molecule has 1 aliphatic heterocycles. The summed E-state index contributed by atoms with van der Waals surface area (Å²) in [6.45, 7) is 2.56. The number of rotatable bonds is 8. The molecule has 0 spiro atoms. The molecule has 0 saturated heterocycles. The van der Waals surface area contributed by atoms with E-state index in [0.29, 0.717) is 29.5 Å². The van der Waals surface area contributed by atoms with Crippen molar-refractivity contribution in [3.63, 3.8) is 0 Å². The molecule has 6 nitrogen and oxygen atoms in total. The van der Waals surface area contributed by atoms with Crippen molar-refractivity contribution in [2.75, 3.05) is 41.0 Å². The van der Waals surface area contributed by atoms with E-state index in [-0.39, 0.29) is 6.61 Å². The largest absolute Gasteiger partial charge is 0.493 e. The third-order valence-corrected chi connectivity index (χ3v) is 4.76. The molecular weight excluding hydrogens is 346 g/mol. The molecular formula is C21H27NO5. The van der Waals surface area contributed by atoms with E-state index >= 15 is 0 Å². The number of hydrogen-bond donors (Lipinski definition) is 1. The van der Waals surface area contributed by atoms with Crippen LogP contribution in [-0.4, -0.2) is 57.1 Å². The second-order valence-electron chi connectivity index (χ2n) is 6.58. The Morgan fingerprint density at radius 1 is 1.00 bits per heavy atom. The second kappa shape index (κ2) is 8.97. The van der Waals surface area contributed by atoms with E-state index in [1.807, 2.05) is 0 Å². The summed E-state index contributed by atoms with van der Waals surface area (Å²) in [5.41, 5.74) is 2.73. The summed E-state index contributed by atoms with van der Waals surface area (Å²) in [5, 5.41) is 10.4. The van der Waals surface area contributed by atoms with Crippen LogP contribution in [-0.2, 0) is 13.0 Å². The molecule has 1 heterocycles. The van der Waals surface area contributed by atoms with Crippen LogP contribution in [0.5, 0.6) is 23.0 Å². The van der Waals surface area contributed by atoms with E-state index in [1.165, 1.54) is 11.1 Å². The van der Waals surface area contributed by atoms with Gasteiger partial charge >= 0.3 is 0 Å². The van der Waals surface area contributed by atoms with E-state index in [2.05, 4.69) is 29.2 Å². The Hall–Kier alpha value is -2.44. The summed E-state index contributed by atoms with van der Waals surface area (Å²) >= 11 is 0. The van der Waals surface area contributed by atoms with Gasteiger partial charge in [0.1, 0.15) is 18.5 Å². The Labute approximate surface area is 160 Å². The van der Waals surface area contributed by atoms with E-state index in [4.69, 9.17) is 18.9 Å². The molecule has 0 saturated carbocycles. The molecule has 0 fully saturated rings. The smallest absolute Gasteiger partial charge is 0.203 e. The predicted octanol–water partition coefficient (Wildman–Crippen LogP) is 2.51. The molecule has 2 aromatic rings. The number of fused-ring (bicyclic) bond motifs is 1. The zero-order valence-corrected chi connectivity index (χ0v) is 16.1. The summed E-state index contributed by atoms with van der Waals surface area (Å²) in [4.78, 5) is 2.26. The number of aliphatic hydroxyl groups is 1. The van der Waals surface area contributed by atoms with E-state index in [1.54, 1.807) is 33.5 Å². The molecule has 1 atom stereocenters. The number of hydrogen-bond acceptors (Lipinski definition) is 6. The van der Waals surface area contributed by atoms with Crippen LogP contribution in [0.1, 0.15) is 11.1 Å². The molecule has 6 heteroatoms. The Bertz CT molecular complexity index is 739. The van der Waals surface area contributed by atoms with Crippen LogP contribution in [0.15, 0.2) is 36.4 Å². The normalized spacial score (nSPS) is 15.0. The zero-order chi connectivity index (χ0) is 19.2. The minimum Gasteiger partial charge on any atom is -0.493 e. The molecule has 0 radical (unpaired) electrons. The van der Waals surface area contributed by atoms with Gasteiger partial charge < -0.3 is 24.1 Å². The van der Waals surface area contributed by atoms with Crippen molar-refractivity contribution in [2.24, 2.45) is 0 Å². The van der Waals surface area contributed by atoms with Gasteiger partial charge in [-0.2, -0.15) is 0 Å². The lowest BCUT2D eigenvalue weighted by Gasteiger charge is -2.30. The fourth-order valence-electron chi connectivity index (χ4n) is 3.39. The van der Waals surface area contributed by atoms with Crippen LogP contribution in [0.3, 0.4) is 0 Å². The highest BCUT2D eigenvalue weighted by Crippen LogP contribution is 2.40. The summed E-state index contributed by atoms with van der Waals surface area (Å²) in [5.74, 6) is 2.12. The summed E-state index contributed by atoms with van der Waals surface area (Å²) in [6, 6.07) is 11.9. The van der Waals surface area contributed by atoms with Crippen LogP contribution < -0.4 is 18.9 Å². The van der Waals surface area contributed by atoms with Crippen molar-refractivity contribution in [2.45, 2.75) is 19.1 Å². The molecule has 0 bridgehead atoms. The molecule has 0 amide bonds. The van der Waals surface area contributed by atoms with Crippen LogP contribution in [0.2, 0.25) is 0 Å². The Kier molecular flexibility index (Phi) is 6.42. The van der Waals surface area contributed by atoms with Gasteiger partial charge in [-0.3, -0.25) is 4.90 Å². The van der Waals surface area contributed by atoms with Gasteiger partial charge in [0.25, 0.3) is 0 Å². The quantitative estimate of drug-likeness (QED) is 0.767. The number of nitrogens with zero attached hydrogens (tertiary/aromatic N) is 1. The Morgan fingerprint density at radius 2 is 1.67 bits per heavy atom. The SMILES string of the molecule is COc1cc(OCC(O)CN2CCc3ccccc3C2)cc(OC)c1OC. The van der Waals surface area contributed by atoms with Crippen LogP contribution >= 0.6 is 0 Å². The third kappa shape index (κ3) is 4.64. The molecule has 3 rings (SSSR count). The maximum absolute atomic E-state index is 10.4. The van der Waals surface area contributed by atoms with Gasteiger partial charge in [0.05, 0.1) is 21.3 Å². The van der Waals surface area contributed by atoms with Gasteiger partial charge in [0.2, 0.25) is 5.75 Å². The third-order valence-electron chi connectivity index (χ3n) is 4.76. The molecule has 27 heavy (non-hydrogen) atoms. The molecule has 1 unspecified atom stereocenters. The van der Waals surface area contributed by atoms with Gasteiger partial charge in [0.15, 0.2) is 11.5 Å². The first-order valence-electron chi connectivity index (χ1n) is 9.04. The van der Waals surface area contributed by atoms with Crippen LogP contribution in [0.25, 0.3) is 0 Å². The first kappa shape index (κ1) is 19.3. The number of aliphatic hydroxyl groups excluding tert-OH is 1. The monoisotopic (exact) mass is 373 g/mol. The molecule has 0 aliphatic carbocycles. The minimum absolute atomic E-state index is 0.191. The summed E-state index contributed by atoms with van der Waals surface area (Å²) < 4.78 is 21.7. The van der Waals surface area contributed by atoms with Crippen molar-refractivity contribution in [3.8, 4) is 23.0 Å². The van der Waals surface area contributed by atoms with E-state index in [9.17, 15) is 5.11 Å². The van der Waals surface area contributed by atoms with Crippen molar-refractivity contribution >= 4 is 0 Å². The minimum atomic E-state index is -0.589. The summed E-state index contributed by atoms with van der Waals surface area (Å²) in [6.07, 6.45) is 0.422. The van der Waals surface area contributed by atoms with E-state index < -0.39 is 6.10 Å². The standard InChI is InChI=1S/C21H27NO5/c1-24-19-10-18(11-20(25-2)21(19)26-3)27-14-17(23)13-22-9-8-15-6-4-5-7-16(15)12-22/h4-7,10-11,17,23H,8-9,12-14H2,1-3H3. The highest BCUT2D eigenvalue weighted by Gasteiger charge is 2.19. The van der Waals surface area contributed by atoms with Gasteiger partial charge in [-0.15, -0.1) is 0 Å². The van der Waals surface area contributed by atoms with Crippen LogP contribution in [0, 0.1) is 0 Å². The Balaban J connectivity index is 1.57. The van der Waals surface area contributed by atoms with Crippen LogP contribution in [0.4, 0.5) is 0 Å². The molecule has 1 N–H and O–H groups in total. The predicted molar refractivity (Wildman–Crippen MR) is 103 cm³/mol. The van der Waals surface area contributed by atoms with Gasteiger partial charge in [-0.05, 0) is 17.5 Å². The molecule has 1 aliphatic rings. The first-order valence-corrected chi connectivity index (χ1v) is 9.04. The fraction of sp³-hybridized carbons (Fsp3) is 0.429. The maximum Gasteiger partial charge on any atom is 0.203 e. The maximum atomic E-state index is 10.4. The van der Waals surface area contributed by atoms with Crippen molar-refractivity contribution in [3.05, 3.63) is 47.5 Å². The zero-order valence-electron chi connectivity index (χ0n) is 16.1. The van der Waals surface area contributed by atoms with Crippen molar-refractivity contribution in [1.29, 1.82) is 0 Å². The molecule has 0 aromatic heterocycles. The fourth-order valence-corrected chi connectivity index (χ4v) is 3.39. The number of ether oxygens (including phenoxy) is 4. The highest BCUT2D eigenvalue weighted by atomic mass is 16.5. The van der Waals surface area contributed by atoms with E-state index in [0.717, 1.165) is 19.5 Å². The van der Waals surface area contributed by atoms with Gasteiger partial charge in [0, 0.05) is 31.8 Å². The highest BCUT2D eigenvalue weighted by molar-refractivity contribution is 5.55. The number of methoxy groups -OCH3 is 3. The van der Waals surface area contributed by atoms with Gasteiger partial charge in [-0.1, -0.05) is 24.3 Å². The average molecular weight is 373 g/mol. The second-order valence-corrected chi connectivity index (χ2v) is 6.58. The molecule has 2 aromatic carbocycles. The Morgan fingerprint density at radius 3 is 2.30 bits per heavy atom. The summed E-state index contributed by atoms with van der Waals surface area (Å²) in [7, 11) is 4.68. The lowest BCUT2D eigenvalue weighted by atomic mass is 10.00. The number of benzene rings is 2. The van der Waals surface area contributed by atoms with Crippen molar-refractivity contribution in [1.82, 2.24) is 4.90 Å². The lowest BCUT2D eigenvalue weighted by Crippen LogP contribution is -2.38. The average Bonchev–Trinajstić information content (AvgIpc) is 2.71. The molecule has 146 valence electrons. The van der Waals surface area contributed by atoms with Crippen molar-refractivity contribution < 1.29 is 24.1 Å². The first-order chi connectivity index (χ1) is 13.1. The van der Waals surface area contributed by atoms with Gasteiger partial charge in [-0.25, -0.2) is 0 Å².